The van der Waals surface area contributed by atoms with Gasteiger partial charge in [-0.2, -0.15) is 4.98 Å². The minimum absolute atomic E-state index is 0.0319. The number of aryl methyl sites for hydroxylation is 1. The minimum atomic E-state index is -3.12. The summed E-state index contributed by atoms with van der Waals surface area (Å²) in [6, 6.07) is 3.86. The van der Waals surface area contributed by atoms with E-state index in [0.29, 0.717) is 35.4 Å². The second kappa shape index (κ2) is 7.53. The van der Waals surface area contributed by atoms with E-state index in [0.717, 1.165) is 6.20 Å². The second-order valence-electron chi connectivity index (χ2n) is 8.70. The number of nitrogens with zero attached hydrogens (tertiary/aromatic N) is 4. The van der Waals surface area contributed by atoms with E-state index >= 15 is 0 Å². The van der Waals surface area contributed by atoms with E-state index in [9.17, 15) is 18.0 Å². The number of anilines is 4. The van der Waals surface area contributed by atoms with Gasteiger partial charge in [-0.3, -0.25) is 4.79 Å². The molecule has 11 heteroatoms. The van der Waals surface area contributed by atoms with Crippen molar-refractivity contribution in [3.8, 4) is 5.75 Å². The molecule has 0 unspecified atom stereocenters. The van der Waals surface area contributed by atoms with E-state index in [2.05, 4.69) is 20.6 Å². The van der Waals surface area contributed by atoms with Crippen LogP contribution >= 0.6 is 0 Å². The van der Waals surface area contributed by atoms with Gasteiger partial charge in [-0.25, -0.2) is 18.2 Å². The van der Waals surface area contributed by atoms with Crippen LogP contribution in [0.1, 0.15) is 12.8 Å². The summed E-state index contributed by atoms with van der Waals surface area (Å²) in [6.45, 7) is -0.869. The van der Waals surface area contributed by atoms with Crippen molar-refractivity contribution in [3.05, 3.63) is 40.6 Å². The number of alkyl halides is 2. The summed E-state index contributed by atoms with van der Waals surface area (Å²) in [4.78, 5) is 22.6. The molecule has 0 bridgehead atoms. The van der Waals surface area contributed by atoms with E-state index in [4.69, 9.17) is 4.74 Å². The van der Waals surface area contributed by atoms with Crippen LogP contribution in [0.25, 0.3) is 10.9 Å². The first-order valence-corrected chi connectivity index (χ1v) is 10.6. The highest BCUT2D eigenvalue weighted by molar-refractivity contribution is 5.97. The zero-order valence-electron chi connectivity index (χ0n) is 18.3. The van der Waals surface area contributed by atoms with Gasteiger partial charge in [-0.1, -0.05) is 0 Å². The summed E-state index contributed by atoms with van der Waals surface area (Å²) in [5.41, 5.74) is 0.710. The van der Waals surface area contributed by atoms with Gasteiger partial charge in [-0.15, -0.1) is 0 Å². The van der Waals surface area contributed by atoms with Gasteiger partial charge in [0.05, 0.1) is 23.4 Å². The van der Waals surface area contributed by atoms with Crippen molar-refractivity contribution in [3.63, 3.8) is 0 Å². The number of hydrogen-bond acceptors (Lipinski definition) is 7. The lowest BCUT2D eigenvalue weighted by Gasteiger charge is -2.25. The summed E-state index contributed by atoms with van der Waals surface area (Å²) in [7, 11) is 5.03. The molecule has 1 atom stereocenters. The predicted octanol–water partition coefficient (Wildman–Crippen LogP) is 3.50. The zero-order chi connectivity index (χ0) is 23.5. The number of nitrogens with one attached hydrogen (secondary N) is 2. The van der Waals surface area contributed by atoms with Crippen LogP contribution in [0.5, 0.6) is 5.75 Å². The Morgan fingerprint density at radius 1 is 1.30 bits per heavy atom. The largest absolute Gasteiger partial charge is 0.480 e. The molecule has 3 aromatic rings. The van der Waals surface area contributed by atoms with Crippen molar-refractivity contribution in [1.29, 1.82) is 0 Å². The Kier molecular flexibility index (Phi) is 4.87. The first-order valence-electron chi connectivity index (χ1n) is 10.6. The predicted molar refractivity (Wildman–Crippen MR) is 119 cm³/mol. The average Bonchev–Trinajstić information content (AvgIpc) is 3.61. The molecule has 1 aliphatic carbocycles. The Morgan fingerprint density at radius 2 is 2.06 bits per heavy atom. The van der Waals surface area contributed by atoms with E-state index in [1.54, 1.807) is 44.2 Å². The lowest BCUT2D eigenvalue weighted by Crippen LogP contribution is -2.44. The highest BCUT2D eigenvalue weighted by Gasteiger charge is 2.51. The fourth-order valence-corrected chi connectivity index (χ4v) is 4.08. The summed E-state index contributed by atoms with van der Waals surface area (Å²) >= 11 is 0. The van der Waals surface area contributed by atoms with Gasteiger partial charge in [0.1, 0.15) is 0 Å². The molecule has 0 amide bonds. The van der Waals surface area contributed by atoms with E-state index in [-0.39, 0.29) is 23.2 Å². The fraction of sp³-hybridized carbons (Fsp3) is 0.409. The maximum atomic E-state index is 14.8. The Labute approximate surface area is 187 Å². The van der Waals surface area contributed by atoms with Gasteiger partial charge < -0.3 is 24.8 Å². The van der Waals surface area contributed by atoms with Crippen LogP contribution in [0.3, 0.4) is 0 Å². The SMILES string of the molecule is CN(C)c1ncc(F)c(Nc2ccc3c(c2)c2c(c(=O)n3C)OCC(F)(F)[C@H](C3CC3)N2)n1. The van der Waals surface area contributed by atoms with Crippen LogP contribution in [-0.2, 0) is 7.05 Å². The summed E-state index contributed by atoms with van der Waals surface area (Å²) in [5, 5.41) is 6.35. The van der Waals surface area contributed by atoms with Gasteiger partial charge in [0.15, 0.2) is 18.2 Å². The summed E-state index contributed by atoms with van der Waals surface area (Å²) < 4.78 is 50.6. The van der Waals surface area contributed by atoms with Crippen molar-refractivity contribution in [2.75, 3.05) is 36.2 Å². The molecule has 174 valence electrons. The van der Waals surface area contributed by atoms with Gasteiger partial charge in [0.25, 0.3) is 5.56 Å². The number of aromatic nitrogens is 3. The first-order chi connectivity index (χ1) is 15.7. The number of halogens is 3. The van der Waals surface area contributed by atoms with E-state index in [1.165, 1.54) is 4.57 Å². The minimum Gasteiger partial charge on any atom is -0.480 e. The number of pyridine rings is 1. The van der Waals surface area contributed by atoms with Crippen molar-refractivity contribution in [2.24, 2.45) is 13.0 Å². The molecule has 2 aliphatic rings. The zero-order valence-corrected chi connectivity index (χ0v) is 18.3. The molecule has 8 nitrogen and oxygen atoms in total. The molecule has 0 saturated heterocycles. The van der Waals surface area contributed by atoms with Crippen LogP contribution < -0.4 is 25.8 Å². The van der Waals surface area contributed by atoms with Crippen molar-refractivity contribution in [2.45, 2.75) is 24.8 Å². The quantitative estimate of drug-likeness (QED) is 0.617. The fourth-order valence-electron chi connectivity index (χ4n) is 4.08. The molecular formula is C22H23F3N6O2. The van der Waals surface area contributed by atoms with E-state index in [1.807, 2.05) is 0 Å². The maximum Gasteiger partial charge on any atom is 0.301 e. The van der Waals surface area contributed by atoms with Crippen LogP contribution in [0, 0.1) is 11.7 Å². The standard InChI is InChI=1S/C22H23F3N6O2/c1-30(2)21-26-9-14(23)19(29-21)27-12-6-7-15-13(8-12)16-17(20(32)31(15)3)33-10-22(24,25)18(28-16)11-4-5-11/h6-9,11,18,28H,4-5,10H2,1-3H3,(H,26,27,29)/t18-/m0/s1. The lowest BCUT2D eigenvalue weighted by atomic mass is 10.0. The Hall–Kier alpha value is -3.50. The highest BCUT2D eigenvalue weighted by atomic mass is 19.3. The van der Waals surface area contributed by atoms with Crippen LogP contribution in [0.4, 0.5) is 36.3 Å². The number of fused-ring (bicyclic) bond motifs is 3. The van der Waals surface area contributed by atoms with Gasteiger partial charge in [-0.05, 0) is 37.0 Å². The van der Waals surface area contributed by atoms with Crippen molar-refractivity contribution < 1.29 is 17.9 Å². The molecule has 1 aromatic carbocycles. The van der Waals surface area contributed by atoms with Crippen molar-refractivity contribution >= 4 is 34.0 Å². The van der Waals surface area contributed by atoms with Gasteiger partial charge >= 0.3 is 5.92 Å². The van der Waals surface area contributed by atoms with Crippen LogP contribution in [0.2, 0.25) is 0 Å². The highest BCUT2D eigenvalue weighted by Crippen LogP contribution is 2.45. The molecular weight excluding hydrogens is 437 g/mol. The normalized spacial score (nSPS) is 19.3. The lowest BCUT2D eigenvalue weighted by molar-refractivity contribution is -0.0579. The molecule has 3 heterocycles. The number of benzene rings is 1. The van der Waals surface area contributed by atoms with Gasteiger partial charge in [0.2, 0.25) is 11.7 Å². The molecule has 1 saturated carbocycles. The van der Waals surface area contributed by atoms with Crippen LogP contribution in [0.15, 0.2) is 29.2 Å². The molecule has 2 N–H and O–H groups in total. The molecule has 2 aromatic heterocycles. The molecule has 1 fully saturated rings. The maximum absolute atomic E-state index is 14.8. The summed E-state index contributed by atoms with van der Waals surface area (Å²) in [5.74, 6) is -3.81. The number of ether oxygens (including phenoxy) is 1. The first kappa shape index (κ1) is 21.4. The van der Waals surface area contributed by atoms with Crippen molar-refractivity contribution in [1.82, 2.24) is 14.5 Å². The molecule has 33 heavy (non-hydrogen) atoms. The third kappa shape index (κ3) is 3.70. The topological polar surface area (TPSA) is 84.3 Å². The van der Waals surface area contributed by atoms with Gasteiger partial charge in [0, 0.05) is 32.2 Å². The monoisotopic (exact) mass is 460 g/mol. The number of hydrogen-bond donors (Lipinski definition) is 2. The molecule has 5 rings (SSSR count). The Bertz CT molecular complexity index is 1310. The smallest absolute Gasteiger partial charge is 0.301 e. The summed E-state index contributed by atoms with van der Waals surface area (Å²) in [6.07, 6.45) is 2.46. The molecule has 0 radical (unpaired) electrons. The van der Waals surface area contributed by atoms with Crippen LogP contribution in [-0.4, -0.2) is 47.2 Å². The number of rotatable bonds is 4. The molecule has 1 aliphatic heterocycles. The molecule has 0 spiro atoms. The Morgan fingerprint density at radius 3 is 2.76 bits per heavy atom. The average molecular weight is 460 g/mol. The third-order valence-electron chi connectivity index (χ3n) is 6.00. The van der Waals surface area contributed by atoms with E-state index < -0.39 is 29.9 Å². The second-order valence-corrected chi connectivity index (χ2v) is 8.70. The third-order valence-corrected chi connectivity index (χ3v) is 6.00. The Balaban J connectivity index is 1.62.